The minimum absolute atomic E-state index is 0.211. The second-order valence-corrected chi connectivity index (χ2v) is 3.78. The topological polar surface area (TPSA) is 32.7 Å². The molecule has 0 bridgehead atoms. The van der Waals surface area contributed by atoms with E-state index in [0.29, 0.717) is 6.61 Å². The Bertz CT molecular complexity index is 124. The van der Waals surface area contributed by atoms with Gasteiger partial charge in [-0.1, -0.05) is 15.9 Å². The first kappa shape index (κ1) is 10.4. The van der Waals surface area contributed by atoms with Gasteiger partial charge in [-0.2, -0.15) is 0 Å². The molecule has 0 aliphatic carbocycles. The standard InChI is InChI=1S/C8H16BrNO2/c9-2-1-3-10-4-5-12-7-8(10)6-11/h8,11H,1-7H2. The van der Waals surface area contributed by atoms with Gasteiger partial charge in [-0.15, -0.1) is 0 Å². The van der Waals surface area contributed by atoms with Crippen LogP contribution in [0.3, 0.4) is 0 Å². The summed E-state index contributed by atoms with van der Waals surface area (Å²) in [5.41, 5.74) is 0. The van der Waals surface area contributed by atoms with Crippen LogP contribution in [0.5, 0.6) is 0 Å². The van der Waals surface area contributed by atoms with Crippen molar-refractivity contribution < 1.29 is 9.84 Å². The largest absolute Gasteiger partial charge is 0.395 e. The van der Waals surface area contributed by atoms with Crippen molar-refractivity contribution in [2.24, 2.45) is 0 Å². The maximum Gasteiger partial charge on any atom is 0.0644 e. The van der Waals surface area contributed by atoms with E-state index < -0.39 is 0 Å². The lowest BCUT2D eigenvalue weighted by atomic mass is 10.2. The number of rotatable bonds is 4. The normalized spacial score (nSPS) is 26.0. The number of aliphatic hydroxyl groups is 1. The molecule has 1 aliphatic rings. The van der Waals surface area contributed by atoms with E-state index in [1.54, 1.807) is 0 Å². The fraction of sp³-hybridized carbons (Fsp3) is 1.00. The Morgan fingerprint density at radius 2 is 2.42 bits per heavy atom. The molecule has 1 aliphatic heterocycles. The summed E-state index contributed by atoms with van der Waals surface area (Å²) in [7, 11) is 0. The van der Waals surface area contributed by atoms with Crippen LogP contribution < -0.4 is 0 Å². The molecule has 1 N–H and O–H groups in total. The molecule has 0 radical (unpaired) electrons. The number of alkyl halides is 1. The van der Waals surface area contributed by atoms with Crippen LogP contribution in [-0.2, 0) is 4.74 Å². The molecule has 1 fully saturated rings. The van der Waals surface area contributed by atoms with E-state index in [0.717, 1.165) is 31.4 Å². The Labute approximate surface area is 81.8 Å². The van der Waals surface area contributed by atoms with Crippen molar-refractivity contribution in [3.63, 3.8) is 0 Å². The van der Waals surface area contributed by atoms with Crippen LogP contribution in [0.25, 0.3) is 0 Å². The summed E-state index contributed by atoms with van der Waals surface area (Å²) < 4.78 is 5.27. The SMILES string of the molecule is OCC1COCCN1CCCBr. The fourth-order valence-corrected chi connectivity index (χ4v) is 1.67. The van der Waals surface area contributed by atoms with Crippen LogP contribution in [0.1, 0.15) is 6.42 Å². The highest BCUT2D eigenvalue weighted by atomic mass is 79.9. The minimum Gasteiger partial charge on any atom is -0.395 e. The summed E-state index contributed by atoms with van der Waals surface area (Å²) in [6.07, 6.45) is 1.14. The van der Waals surface area contributed by atoms with Gasteiger partial charge < -0.3 is 9.84 Å². The maximum absolute atomic E-state index is 9.03. The Hall–Kier alpha value is 0.360. The van der Waals surface area contributed by atoms with Gasteiger partial charge in [0.05, 0.1) is 25.9 Å². The first-order valence-electron chi connectivity index (χ1n) is 4.37. The van der Waals surface area contributed by atoms with Gasteiger partial charge in [-0.3, -0.25) is 4.90 Å². The third-order valence-corrected chi connectivity index (χ3v) is 2.70. The molecule has 0 spiro atoms. The Morgan fingerprint density at radius 1 is 1.58 bits per heavy atom. The molecule has 3 nitrogen and oxygen atoms in total. The molecule has 0 amide bonds. The monoisotopic (exact) mass is 237 g/mol. The third kappa shape index (κ3) is 3.01. The van der Waals surface area contributed by atoms with Crippen molar-refractivity contribution in [2.45, 2.75) is 12.5 Å². The minimum atomic E-state index is 0.211. The summed E-state index contributed by atoms with van der Waals surface area (Å²) in [5, 5.41) is 10.1. The van der Waals surface area contributed by atoms with E-state index in [2.05, 4.69) is 20.8 Å². The summed E-state index contributed by atoms with van der Waals surface area (Å²) in [6.45, 7) is 3.71. The zero-order chi connectivity index (χ0) is 8.81. The number of hydrogen-bond acceptors (Lipinski definition) is 3. The van der Waals surface area contributed by atoms with Crippen molar-refractivity contribution in [1.82, 2.24) is 4.90 Å². The Balaban J connectivity index is 2.26. The third-order valence-electron chi connectivity index (χ3n) is 2.14. The molecule has 0 aromatic rings. The quantitative estimate of drug-likeness (QED) is 0.722. The van der Waals surface area contributed by atoms with Gasteiger partial charge in [-0.05, 0) is 13.0 Å². The average Bonchev–Trinajstić information content (AvgIpc) is 2.15. The van der Waals surface area contributed by atoms with Crippen LogP contribution in [0.15, 0.2) is 0 Å². The van der Waals surface area contributed by atoms with Crippen molar-refractivity contribution in [3.8, 4) is 0 Å². The lowest BCUT2D eigenvalue weighted by Crippen LogP contribution is -2.47. The number of hydrogen-bond donors (Lipinski definition) is 1. The first-order valence-corrected chi connectivity index (χ1v) is 5.49. The van der Waals surface area contributed by atoms with E-state index in [9.17, 15) is 0 Å². The van der Waals surface area contributed by atoms with E-state index >= 15 is 0 Å². The van der Waals surface area contributed by atoms with E-state index in [4.69, 9.17) is 9.84 Å². The van der Waals surface area contributed by atoms with Crippen molar-refractivity contribution >= 4 is 15.9 Å². The Kier molecular flexibility index (Phi) is 5.14. The molecule has 1 atom stereocenters. The molecular weight excluding hydrogens is 222 g/mol. The molecule has 1 saturated heterocycles. The van der Waals surface area contributed by atoms with Gasteiger partial charge >= 0.3 is 0 Å². The van der Waals surface area contributed by atoms with Gasteiger partial charge in [0.15, 0.2) is 0 Å². The highest BCUT2D eigenvalue weighted by molar-refractivity contribution is 9.09. The maximum atomic E-state index is 9.03. The van der Waals surface area contributed by atoms with Crippen LogP contribution in [0.4, 0.5) is 0 Å². The van der Waals surface area contributed by atoms with E-state index in [1.165, 1.54) is 0 Å². The number of nitrogens with zero attached hydrogens (tertiary/aromatic N) is 1. The molecule has 1 rings (SSSR count). The Morgan fingerprint density at radius 3 is 3.08 bits per heavy atom. The number of ether oxygens (including phenoxy) is 1. The molecule has 0 aromatic heterocycles. The highest BCUT2D eigenvalue weighted by Gasteiger charge is 2.20. The number of halogens is 1. The molecular formula is C8H16BrNO2. The molecule has 4 heteroatoms. The van der Waals surface area contributed by atoms with Crippen LogP contribution in [0.2, 0.25) is 0 Å². The van der Waals surface area contributed by atoms with Crippen molar-refractivity contribution in [3.05, 3.63) is 0 Å². The highest BCUT2D eigenvalue weighted by Crippen LogP contribution is 2.07. The predicted molar refractivity (Wildman–Crippen MR) is 51.7 cm³/mol. The van der Waals surface area contributed by atoms with Crippen LogP contribution in [0, 0.1) is 0 Å². The van der Waals surface area contributed by atoms with Gasteiger partial charge in [0, 0.05) is 11.9 Å². The van der Waals surface area contributed by atoms with Crippen molar-refractivity contribution in [1.29, 1.82) is 0 Å². The second kappa shape index (κ2) is 5.91. The summed E-state index contributed by atoms with van der Waals surface area (Å²) in [4.78, 5) is 2.30. The first-order chi connectivity index (χ1) is 5.88. The lowest BCUT2D eigenvalue weighted by Gasteiger charge is -2.34. The zero-order valence-corrected chi connectivity index (χ0v) is 8.79. The smallest absolute Gasteiger partial charge is 0.0644 e. The van der Waals surface area contributed by atoms with Gasteiger partial charge in [0.25, 0.3) is 0 Å². The van der Waals surface area contributed by atoms with E-state index in [1.807, 2.05) is 0 Å². The second-order valence-electron chi connectivity index (χ2n) is 2.99. The van der Waals surface area contributed by atoms with Gasteiger partial charge in [-0.25, -0.2) is 0 Å². The number of aliphatic hydroxyl groups excluding tert-OH is 1. The summed E-state index contributed by atoms with van der Waals surface area (Å²) in [5.74, 6) is 0. The van der Waals surface area contributed by atoms with Crippen LogP contribution >= 0.6 is 15.9 Å². The molecule has 0 saturated carbocycles. The fourth-order valence-electron chi connectivity index (χ4n) is 1.41. The average molecular weight is 238 g/mol. The summed E-state index contributed by atoms with van der Waals surface area (Å²) in [6, 6.07) is 0.220. The lowest BCUT2D eigenvalue weighted by molar-refractivity contribution is -0.0269. The van der Waals surface area contributed by atoms with Crippen LogP contribution in [-0.4, -0.2) is 54.3 Å². The van der Waals surface area contributed by atoms with E-state index in [-0.39, 0.29) is 12.6 Å². The molecule has 1 heterocycles. The molecule has 12 heavy (non-hydrogen) atoms. The molecule has 72 valence electrons. The molecule has 0 aromatic carbocycles. The van der Waals surface area contributed by atoms with Crippen molar-refractivity contribution in [2.75, 3.05) is 38.2 Å². The molecule has 1 unspecified atom stereocenters. The summed E-state index contributed by atoms with van der Waals surface area (Å²) >= 11 is 3.40. The zero-order valence-electron chi connectivity index (χ0n) is 7.21. The predicted octanol–water partition coefficient (Wildman–Crippen LogP) is 0.464. The van der Waals surface area contributed by atoms with Gasteiger partial charge in [0.2, 0.25) is 0 Å². The van der Waals surface area contributed by atoms with Gasteiger partial charge in [0.1, 0.15) is 0 Å². The number of morpholine rings is 1.